The number of hydrogen-bond donors (Lipinski definition) is 0. The van der Waals surface area contributed by atoms with E-state index in [1.807, 2.05) is 30.3 Å². The first-order valence-corrected chi connectivity index (χ1v) is 7.88. The normalized spacial score (nSPS) is 11.0. The Morgan fingerprint density at radius 3 is 2.43 bits per heavy atom. The fourth-order valence-corrected chi connectivity index (χ4v) is 2.86. The van der Waals surface area contributed by atoms with Gasteiger partial charge < -0.3 is 4.42 Å². The number of benzene rings is 2. The van der Waals surface area contributed by atoms with Crippen LogP contribution in [0.4, 0.5) is 0 Å². The summed E-state index contributed by atoms with van der Waals surface area (Å²) in [7, 11) is 0. The van der Waals surface area contributed by atoms with E-state index < -0.39 is 0 Å². The van der Waals surface area contributed by atoms with Crippen LogP contribution in [0.1, 0.15) is 5.56 Å². The number of rotatable bonds is 3. The summed E-state index contributed by atoms with van der Waals surface area (Å²) in [5.74, 6) is 0.856. The third-order valence-corrected chi connectivity index (χ3v) is 4.10. The largest absolute Gasteiger partial charge is 0.456 e. The van der Waals surface area contributed by atoms with Gasteiger partial charge in [-0.15, -0.1) is 0 Å². The monoisotopic (exact) mass is 320 g/mol. The zero-order chi connectivity index (χ0) is 15.6. The smallest absolute Gasteiger partial charge is 0.173 e. The summed E-state index contributed by atoms with van der Waals surface area (Å²) in [4.78, 5) is 0. The summed E-state index contributed by atoms with van der Waals surface area (Å²) in [5.41, 5.74) is 3.19. The van der Waals surface area contributed by atoms with Gasteiger partial charge in [-0.25, -0.2) is 4.57 Å². The van der Waals surface area contributed by atoms with Crippen LogP contribution in [0, 0.1) is 0 Å². The van der Waals surface area contributed by atoms with Crippen LogP contribution in [0.3, 0.4) is 0 Å². The number of aromatic nitrogens is 1. The molecule has 0 radical (unpaired) electrons. The molecular weight excluding hydrogens is 306 g/mol. The summed E-state index contributed by atoms with van der Waals surface area (Å²) >= 11 is 6.03. The maximum Gasteiger partial charge on any atom is 0.173 e. The number of hydrogen-bond acceptors (Lipinski definition) is 1. The standard InChI is InChI=1S/C20H15ClNO/c21-18-6-7-19-17(12-18)13-20(23-19)16-8-10-22(11-9-16)14-15-4-2-1-3-5-15/h1-13H,14H2/q+1. The Hall–Kier alpha value is -2.58. The van der Waals surface area contributed by atoms with E-state index in [0.717, 1.165) is 33.9 Å². The molecule has 2 aromatic heterocycles. The van der Waals surface area contributed by atoms with Crippen molar-refractivity contribution < 1.29 is 8.98 Å². The second-order valence-corrected chi connectivity index (χ2v) is 5.97. The minimum absolute atomic E-state index is 0.721. The van der Waals surface area contributed by atoms with Gasteiger partial charge in [-0.05, 0) is 24.3 Å². The van der Waals surface area contributed by atoms with Crippen LogP contribution in [0.15, 0.2) is 83.5 Å². The molecule has 0 aliphatic carbocycles. The van der Waals surface area contributed by atoms with Crippen molar-refractivity contribution in [3.05, 3.63) is 89.7 Å². The Morgan fingerprint density at radius 2 is 1.65 bits per heavy atom. The summed E-state index contributed by atoms with van der Waals surface area (Å²) in [5, 5.41) is 1.74. The molecule has 2 nitrogen and oxygen atoms in total. The molecule has 0 saturated carbocycles. The average molecular weight is 321 g/mol. The minimum Gasteiger partial charge on any atom is -0.456 e. The van der Waals surface area contributed by atoms with Gasteiger partial charge in [0.25, 0.3) is 0 Å². The van der Waals surface area contributed by atoms with E-state index in [1.165, 1.54) is 5.56 Å². The summed E-state index contributed by atoms with van der Waals surface area (Å²) < 4.78 is 8.05. The van der Waals surface area contributed by atoms with E-state index in [4.69, 9.17) is 16.0 Å². The molecule has 0 N–H and O–H groups in total. The third-order valence-electron chi connectivity index (χ3n) is 3.86. The second-order valence-electron chi connectivity index (χ2n) is 5.54. The molecule has 4 rings (SSSR count). The Labute approximate surface area is 139 Å². The highest BCUT2D eigenvalue weighted by Gasteiger charge is 2.09. The van der Waals surface area contributed by atoms with Gasteiger partial charge >= 0.3 is 0 Å². The molecule has 23 heavy (non-hydrogen) atoms. The van der Waals surface area contributed by atoms with E-state index in [2.05, 4.69) is 53.4 Å². The molecular formula is C20H15ClNO+. The molecule has 0 amide bonds. The molecule has 0 bridgehead atoms. The van der Waals surface area contributed by atoms with Crippen molar-refractivity contribution in [2.45, 2.75) is 6.54 Å². The van der Waals surface area contributed by atoms with E-state index in [9.17, 15) is 0 Å². The second kappa shape index (κ2) is 5.90. The molecule has 3 heteroatoms. The van der Waals surface area contributed by atoms with Crippen molar-refractivity contribution in [2.75, 3.05) is 0 Å². The first kappa shape index (κ1) is 14.0. The predicted octanol–water partition coefficient (Wildman–Crippen LogP) is 5.09. The molecule has 2 aromatic carbocycles. The van der Waals surface area contributed by atoms with Crippen LogP contribution in [-0.4, -0.2) is 0 Å². The van der Waals surface area contributed by atoms with Crippen molar-refractivity contribution >= 4 is 22.6 Å². The Kier molecular flexibility index (Phi) is 3.60. The highest BCUT2D eigenvalue weighted by atomic mass is 35.5. The van der Waals surface area contributed by atoms with E-state index in [1.54, 1.807) is 0 Å². The van der Waals surface area contributed by atoms with E-state index >= 15 is 0 Å². The SMILES string of the molecule is Clc1ccc2oc(-c3cc[n+](Cc4ccccc4)cc3)cc2c1. The van der Waals surface area contributed by atoms with Gasteiger partial charge in [0.1, 0.15) is 11.3 Å². The number of furan rings is 1. The molecule has 0 aliphatic rings. The molecule has 0 fully saturated rings. The fraction of sp³-hybridized carbons (Fsp3) is 0.0500. The van der Waals surface area contributed by atoms with Gasteiger partial charge in [0.15, 0.2) is 18.9 Å². The fourth-order valence-electron chi connectivity index (χ4n) is 2.68. The van der Waals surface area contributed by atoms with Gasteiger partial charge in [0.2, 0.25) is 0 Å². The third kappa shape index (κ3) is 2.99. The van der Waals surface area contributed by atoms with E-state index in [-0.39, 0.29) is 0 Å². The van der Waals surface area contributed by atoms with Crippen LogP contribution in [0.5, 0.6) is 0 Å². The molecule has 4 aromatic rings. The van der Waals surface area contributed by atoms with Crippen molar-refractivity contribution in [3.8, 4) is 11.3 Å². The summed E-state index contributed by atoms with van der Waals surface area (Å²) in [6.45, 7) is 0.858. The lowest BCUT2D eigenvalue weighted by atomic mass is 10.2. The zero-order valence-electron chi connectivity index (χ0n) is 12.4. The van der Waals surface area contributed by atoms with Crippen molar-refractivity contribution in [1.82, 2.24) is 0 Å². The number of fused-ring (bicyclic) bond motifs is 1. The van der Waals surface area contributed by atoms with Crippen LogP contribution in [-0.2, 0) is 6.54 Å². The molecule has 0 saturated heterocycles. The van der Waals surface area contributed by atoms with Crippen molar-refractivity contribution in [3.63, 3.8) is 0 Å². The van der Waals surface area contributed by atoms with Gasteiger partial charge in [-0.3, -0.25) is 0 Å². The average Bonchev–Trinajstić information content (AvgIpc) is 2.99. The quantitative estimate of drug-likeness (QED) is 0.481. The van der Waals surface area contributed by atoms with Crippen LogP contribution >= 0.6 is 11.6 Å². The van der Waals surface area contributed by atoms with Crippen LogP contribution in [0.25, 0.3) is 22.3 Å². The lowest BCUT2D eigenvalue weighted by Gasteiger charge is -1.99. The van der Waals surface area contributed by atoms with Gasteiger partial charge in [-0.1, -0.05) is 41.9 Å². The summed E-state index contributed by atoms with van der Waals surface area (Å²) in [6, 6.07) is 22.2. The highest BCUT2D eigenvalue weighted by Crippen LogP contribution is 2.28. The van der Waals surface area contributed by atoms with Gasteiger partial charge in [-0.2, -0.15) is 0 Å². The molecule has 0 atom stereocenters. The van der Waals surface area contributed by atoms with Crippen LogP contribution in [0.2, 0.25) is 5.02 Å². The number of nitrogens with zero attached hydrogens (tertiary/aromatic N) is 1. The Balaban J connectivity index is 1.61. The van der Waals surface area contributed by atoms with Crippen molar-refractivity contribution in [2.24, 2.45) is 0 Å². The van der Waals surface area contributed by atoms with Gasteiger partial charge in [0, 0.05) is 33.7 Å². The first-order valence-electron chi connectivity index (χ1n) is 7.50. The highest BCUT2D eigenvalue weighted by molar-refractivity contribution is 6.31. The maximum atomic E-state index is 6.03. The zero-order valence-corrected chi connectivity index (χ0v) is 13.2. The van der Waals surface area contributed by atoms with Crippen molar-refractivity contribution in [1.29, 1.82) is 0 Å². The lowest BCUT2D eigenvalue weighted by Crippen LogP contribution is -2.32. The molecule has 0 unspecified atom stereocenters. The topological polar surface area (TPSA) is 17.0 Å². The maximum absolute atomic E-state index is 6.03. The van der Waals surface area contributed by atoms with Gasteiger partial charge in [0.05, 0.1) is 0 Å². The van der Waals surface area contributed by atoms with E-state index in [0.29, 0.717) is 0 Å². The van der Waals surface area contributed by atoms with Crippen LogP contribution < -0.4 is 4.57 Å². The Morgan fingerprint density at radius 1 is 0.870 bits per heavy atom. The minimum atomic E-state index is 0.721. The molecule has 112 valence electrons. The predicted molar refractivity (Wildman–Crippen MR) is 92.4 cm³/mol. The number of halogens is 1. The Bertz CT molecular complexity index is 942. The summed E-state index contributed by atoms with van der Waals surface area (Å²) in [6.07, 6.45) is 4.14. The lowest BCUT2D eigenvalue weighted by molar-refractivity contribution is -0.688. The number of pyridine rings is 1. The first-order chi connectivity index (χ1) is 11.3. The molecule has 0 spiro atoms. The molecule has 0 aliphatic heterocycles. The molecule has 2 heterocycles.